The monoisotopic (exact) mass is 525 g/mol. The second-order valence-electron chi connectivity index (χ2n) is 8.59. The topological polar surface area (TPSA) is 199 Å². The average Bonchev–Trinajstić information content (AvgIpc) is 2.89. The molecule has 1 aromatic carbocycles. The second-order valence-corrected chi connectivity index (χ2v) is 8.59. The van der Waals surface area contributed by atoms with E-state index in [0.29, 0.717) is 17.0 Å². The van der Waals surface area contributed by atoms with Crippen LogP contribution in [0.15, 0.2) is 36.5 Å². The molecule has 14 nitrogen and oxygen atoms in total. The largest absolute Gasteiger partial charge is 0.547 e. The van der Waals surface area contributed by atoms with Crippen molar-refractivity contribution in [2.45, 2.75) is 25.3 Å². The summed E-state index contributed by atoms with van der Waals surface area (Å²) in [5.74, 6) is -5.23. The molecular formula is C23H24BN5O9. The van der Waals surface area contributed by atoms with Gasteiger partial charge in [0, 0.05) is 19.6 Å². The molecule has 1 fully saturated rings. The first-order chi connectivity index (χ1) is 18.1. The highest BCUT2D eigenvalue weighted by Crippen LogP contribution is 2.30. The highest BCUT2D eigenvalue weighted by molar-refractivity contribution is 6.47. The Morgan fingerprint density at radius 1 is 1.18 bits per heavy atom. The van der Waals surface area contributed by atoms with E-state index in [9.17, 15) is 39.2 Å². The number of pyridine rings is 1. The number of amides is 5. The van der Waals surface area contributed by atoms with Crippen molar-refractivity contribution in [1.29, 1.82) is 0 Å². The lowest BCUT2D eigenvalue weighted by molar-refractivity contribution is -0.153. The summed E-state index contributed by atoms with van der Waals surface area (Å²) < 4.78 is 5.39. The summed E-state index contributed by atoms with van der Waals surface area (Å²) in [6.07, 6.45) is 1.07. The number of carboxylic acid groups (broad SMARTS) is 1. The SMILES string of the molecule is CCN1CCN(C(=O)NC(C(=O)NC2Cc3cccc(C(=O)O)c3OB2O)c2ccc(O)cn2)C(=O)C1=O. The number of piperazine rings is 1. The molecule has 38 heavy (non-hydrogen) atoms. The van der Waals surface area contributed by atoms with Gasteiger partial charge in [-0.3, -0.25) is 24.3 Å². The van der Waals surface area contributed by atoms with Crippen LogP contribution in [0.5, 0.6) is 11.5 Å². The molecule has 0 saturated carbocycles. The number of benzene rings is 1. The molecule has 1 saturated heterocycles. The summed E-state index contributed by atoms with van der Waals surface area (Å²) in [4.78, 5) is 68.4. The molecule has 2 unspecified atom stereocenters. The van der Waals surface area contributed by atoms with E-state index < -0.39 is 48.8 Å². The van der Waals surface area contributed by atoms with Gasteiger partial charge in [-0.15, -0.1) is 0 Å². The van der Waals surface area contributed by atoms with E-state index in [4.69, 9.17) is 4.65 Å². The number of rotatable bonds is 6. The van der Waals surface area contributed by atoms with Crippen molar-refractivity contribution in [3.8, 4) is 11.5 Å². The number of hydrogen-bond acceptors (Lipinski definition) is 9. The quantitative estimate of drug-likeness (QED) is 0.232. The summed E-state index contributed by atoms with van der Waals surface area (Å²) in [5.41, 5.74) is 0.285. The van der Waals surface area contributed by atoms with Crippen LogP contribution in [0.4, 0.5) is 4.79 Å². The Bertz CT molecular complexity index is 1290. The van der Waals surface area contributed by atoms with Crippen LogP contribution in [0.25, 0.3) is 0 Å². The lowest BCUT2D eigenvalue weighted by atomic mass is 9.72. The van der Waals surface area contributed by atoms with Crippen LogP contribution < -0.4 is 15.3 Å². The maximum atomic E-state index is 13.3. The highest BCUT2D eigenvalue weighted by Gasteiger charge is 2.41. The van der Waals surface area contributed by atoms with Gasteiger partial charge in [-0.25, -0.2) is 9.59 Å². The van der Waals surface area contributed by atoms with Crippen LogP contribution in [0.1, 0.15) is 34.6 Å². The fourth-order valence-electron chi connectivity index (χ4n) is 4.20. The third-order valence-electron chi connectivity index (χ3n) is 6.21. The van der Waals surface area contributed by atoms with Crippen molar-refractivity contribution in [1.82, 2.24) is 25.4 Å². The Labute approximate surface area is 216 Å². The van der Waals surface area contributed by atoms with Crippen molar-refractivity contribution < 1.29 is 43.9 Å². The van der Waals surface area contributed by atoms with E-state index in [1.165, 1.54) is 29.2 Å². The predicted molar refractivity (Wildman–Crippen MR) is 129 cm³/mol. The molecule has 2 aliphatic heterocycles. The molecule has 0 bridgehead atoms. The molecule has 0 spiro atoms. The Hall–Kier alpha value is -4.66. The molecule has 15 heteroatoms. The van der Waals surface area contributed by atoms with Gasteiger partial charge in [-0.05, 0) is 37.1 Å². The van der Waals surface area contributed by atoms with Crippen molar-refractivity contribution in [2.75, 3.05) is 19.6 Å². The van der Waals surface area contributed by atoms with Crippen molar-refractivity contribution in [3.05, 3.63) is 53.3 Å². The summed E-state index contributed by atoms with van der Waals surface area (Å²) in [6.45, 7) is 2.04. The summed E-state index contributed by atoms with van der Waals surface area (Å²) in [7, 11) is -1.61. The third-order valence-corrected chi connectivity index (χ3v) is 6.21. The normalized spacial score (nSPS) is 17.8. The molecule has 2 aromatic rings. The summed E-state index contributed by atoms with van der Waals surface area (Å²) in [5, 5.41) is 34.4. The Kier molecular flexibility index (Phi) is 7.48. The summed E-state index contributed by atoms with van der Waals surface area (Å²) >= 11 is 0. The number of aromatic carboxylic acids is 1. The van der Waals surface area contributed by atoms with Crippen molar-refractivity contribution in [2.24, 2.45) is 0 Å². The van der Waals surface area contributed by atoms with Gasteiger partial charge in [0.15, 0.2) is 6.04 Å². The fraction of sp³-hybridized carbons (Fsp3) is 0.304. The predicted octanol–water partition coefficient (Wildman–Crippen LogP) is -0.934. The van der Waals surface area contributed by atoms with Crippen LogP contribution in [-0.2, 0) is 20.8 Å². The fourth-order valence-corrected chi connectivity index (χ4v) is 4.20. The van der Waals surface area contributed by atoms with Crippen molar-refractivity contribution >= 4 is 36.8 Å². The number of carbonyl (C=O) groups is 5. The number of aromatic hydroxyl groups is 1. The zero-order valence-corrected chi connectivity index (χ0v) is 20.2. The number of para-hydroxylation sites is 1. The van der Waals surface area contributed by atoms with Crippen LogP contribution in [0.2, 0.25) is 0 Å². The average molecular weight is 525 g/mol. The van der Waals surface area contributed by atoms with Crippen LogP contribution in [0, 0.1) is 0 Å². The number of carbonyl (C=O) groups excluding carboxylic acids is 4. The smallest absolute Gasteiger partial charge is 0.534 e. The van der Waals surface area contributed by atoms with Gasteiger partial charge in [0.05, 0.1) is 23.4 Å². The van der Waals surface area contributed by atoms with Gasteiger partial charge >= 0.3 is 30.9 Å². The number of nitrogens with zero attached hydrogens (tertiary/aromatic N) is 3. The molecule has 2 aliphatic rings. The number of aromatic nitrogens is 1. The van der Waals surface area contributed by atoms with Crippen LogP contribution in [0.3, 0.4) is 0 Å². The molecule has 4 rings (SSSR count). The minimum absolute atomic E-state index is 0.000555. The summed E-state index contributed by atoms with van der Waals surface area (Å²) in [6, 6.07) is 4.44. The lowest BCUT2D eigenvalue weighted by Crippen LogP contribution is -2.60. The zero-order valence-electron chi connectivity index (χ0n) is 20.2. The number of carboxylic acids is 1. The van der Waals surface area contributed by atoms with E-state index >= 15 is 0 Å². The molecular weight excluding hydrogens is 501 g/mol. The third kappa shape index (κ3) is 5.22. The van der Waals surface area contributed by atoms with Gasteiger partial charge in [0.1, 0.15) is 11.5 Å². The van der Waals surface area contributed by atoms with E-state index in [1.54, 1.807) is 13.0 Å². The Balaban J connectivity index is 1.54. The molecule has 198 valence electrons. The molecule has 1 aromatic heterocycles. The van der Waals surface area contributed by atoms with E-state index in [0.717, 1.165) is 6.20 Å². The Morgan fingerprint density at radius 2 is 1.95 bits per heavy atom. The van der Waals surface area contributed by atoms with Gasteiger partial charge in [0.25, 0.3) is 0 Å². The van der Waals surface area contributed by atoms with Crippen LogP contribution in [-0.4, -0.2) is 92.4 Å². The molecule has 0 aliphatic carbocycles. The number of nitrogens with one attached hydrogen (secondary N) is 2. The van der Waals surface area contributed by atoms with E-state index in [1.807, 2.05) is 0 Å². The second kappa shape index (κ2) is 10.8. The van der Waals surface area contributed by atoms with E-state index in [-0.39, 0.29) is 42.3 Å². The molecule has 0 radical (unpaired) electrons. The molecule has 5 N–H and O–H groups in total. The Morgan fingerprint density at radius 3 is 2.61 bits per heavy atom. The zero-order chi connectivity index (χ0) is 27.6. The van der Waals surface area contributed by atoms with E-state index in [2.05, 4.69) is 15.6 Å². The molecule has 2 atom stereocenters. The highest BCUT2D eigenvalue weighted by atomic mass is 16.5. The first kappa shape index (κ1) is 26.4. The number of likely N-dealkylation sites (N-methyl/N-ethyl adjacent to an activating group) is 1. The number of hydrogen-bond donors (Lipinski definition) is 5. The first-order valence-electron chi connectivity index (χ1n) is 11.7. The minimum Gasteiger partial charge on any atom is -0.534 e. The maximum Gasteiger partial charge on any atom is 0.547 e. The van der Waals surface area contributed by atoms with Crippen LogP contribution >= 0.6 is 0 Å². The number of urea groups is 1. The minimum atomic E-state index is -1.61. The van der Waals surface area contributed by atoms with Gasteiger partial charge < -0.3 is 35.4 Å². The van der Waals surface area contributed by atoms with Crippen molar-refractivity contribution in [3.63, 3.8) is 0 Å². The van der Waals surface area contributed by atoms with Gasteiger partial charge in [0.2, 0.25) is 5.91 Å². The van der Waals surface area contributed by atoms with Gasteiger partial charge in [-0.2, -0.15) is 0 Å². The number of imide groups is 1. The maximum absolute atomic E-state index is 13.3. The standard InChI is InChI=1S/C23H24BN5O9/c1-2-28-8-9-29(21(33)20(28)32)23(36)27-17(15-7-6-13(30)11-25-15)19(31)26-16-10-12-4-3-5-14(22(34)35)18(12)38-24(16)37/h3-7,11,16-17,30,37H,2,8-10H2,1H3,(H,26,31)(H,27,36)(H,34,35). The number of fused-ring (bicyclic) bond motifs is 1. The lowest BCUT2D eigenvalue weighted by Gasteiger charge is -2.33. The molecule has 5 amide bonds. The first-order valence-corrected chi connectivity index (χ1v) is 11.7. The van der Waals surface area contributed by atoms with Gasteiger partial charge in [-0.1, -0.05) is 12.1 Å². The molecule has 3 heterocycles.